The van der Waals surface area contributed by atoms with E-state index in [1.165, 1.54) is 21.3 Å². The summed E-state index contributed by atoms with van der Waals surface area (Å²) in [6.07, 6.45) is 1.90. The van der Waals surface area contributed by atoms with Crippen LogP contribution in [-0.2, 0) is 4.79 Å². The van der Waals surface area contributed by atoms with E-state index in [1.807, 2.05) is 0 Å². The molecule has 1 aliphatic rings. The molecule has 0 aliphatic heterocycles. The Bertz CT molecular complexity index is 844. The molecule has 1 saturated carbocycles. The molecule has 7 nitrogen and oxygen atoms in total. The number of anilines is 2. The molecule has 2 amide bonds. The molecule has 1 fully saturated rings. The zero-order valence-corrected chi connectivity index (χ0v) is 15.5. The summed E-state index contributed by atoms with van der Waals surface area (Å²) in [5.74, 6) is 0.960. The third kappa shape index (κ3) is 4.13. The fraction of sp³-hybridized carbons (Fsp3) is 0.300. The second-order valence-corrected chi connectivity index (χ2v) is 6.18. The molecule has 0 heterocycles. The van der Waals surface area contributed by atoms with Crippen LogP contribution in [0.1, 0.15) is 23.2 Å². The number of ether oxygens (including phenoxy) is 3. The molecule has 142 valence electrons. The Balaban J connectivity index is 1.74. The van der Waals surface area contributed by atoms with Gasteiger partial charge in [-0.1, -0.05) is 0 Å². The van der Waals surface area contributed by atoms with Gasteiger partial charge in [0.1, 0.15) is 0 Å². The highest BCUT2D eigenvalue weighted by molar-refractivity contribution is 6.07. The van der Waals surface area contributed by atoms with Crippen LogP contribution in [0.2, 0.25) is 0 Å². The van der Waals surface area contributed by atoms with Gasteiger partial charge in [-0.3, -0.25) is 9.59 Å². The quantitative estimate of drug-likeness (QED) is 0.781. The number of carbonyl (C=O) groups is 2. The van der Waals surface area contributed by atoms with Crippen LogP contribution in [0.5, 0.6) is 17.2 Å². The summed E-state index contributed by atoms with van der Waals surface area (Å²) in [5, 5.41) is 5.67. The highest BCUT2D eigenvalue weighted by Gasteiger charge is 2.29. The summed E-state index contributed by atoms with van der Waals surface area (Å²) in [4.78, 5) is 24.5. The lowest BCUT2D eigenvalue weighted by Crippen LogP contribution is -2.15. The van der Waals surface area contributed by atoms with E-state index in [9.17, 15) is 9.59 Å². The van der Waals surface area contributed by atoms with Crippen LogP contribution in [0.25, 0.3) is 0 Å². The molecule has 0 bridgehead atoms. The number of amides is 2. The van der Waals surface area contributed by atoms with Crippen LogP contribution in [0.4, 0.5) is 11.4 Å². The van der Waals surface area contributed by atoms with E-state index in [2.05, 4.69) is 10.6 Å². The number of nitrogens with one attached hydrogen (secondary N) is 2. The number of methoxy groups -OCH3 is 3. The molecular formula is C20H22N2O5. The first-order valence-corrected chi connectivity index (χ1v) is 8.58. The van der Waals surface area contributed by atoms with Crippen LogP contribution in [-0.4, -0.2) is 33.1 Å². The first kappa shape index (κ1) is 18.6. The molecule has 2 aromatic rings. The zero-order chi connectivity index (χ0) is 19.4. The van der Waals surface area contributed by atoms with E-state index in [0.717, 1.165) is 12.8 Å². The van der Waals surface area contributed by atoms with Crippen molar-refractivity contribution in [2.45, 2.75) is 12.8 Å². The van der Waals surface area contributed by atoms with Crippen LogP contribution in [0.15, 0.2) is 36.4 Å². The van der Waals surface area contributed by atoms with Gasteiger partial charge in [0.25, 0.3) is 5.91 Å². The number of hydrogen-bond donors (Lipinski definition) is 2. The lowest BCUT2D eigenvalue weighted by molar-refractivity contribution is -0.117. The van der Waals surface area contributed by atoms with Gasteiger partial charge in [-0.15, -0.1) is 0 Å². The minimum Gasteiger partial charge on any atom is -0.493 e. The molecule has 1 aliphatic carbocycles. The summed E-state index contributed by atoms with van der Waals surface area (Å²) in [6, 6.07) is 10.2. The van der Waals surface area contributed by atoms with Gasteiger partial charge in [-0.05, 0) is 49.2 Å². The van der Waals surface area contributed by atoms with E-state index in [-0.39, 0.29) is 17.7 Å². The highest BCUT2D eigenvalue weighted by atomic mass is 16.5. The smallest absolute Gasteiger partial charge is 0.259 e. The van der Waals surface area contributed by atoms with Crippen LogP contribution >= 0.6 is 0 Å². The predicted molar refractivity (Wildman–Crippen MR) is 102 cm³/mol. The molecule has 2 aromatic carbocycles. The second kappa shape index (κ2) is 7.99. The molecule has 0 unspecified atom stereocenters. The van der Waals surface area contributed by atoms with Crippen molar-refractivity contribution < 1.29 is 23.8 Å². The van der Waals surface area contributed by atoms with Crippen molar-refractivity contribution in [2.24, 2.45) is 5.92 Å². The van der Waals surface area contributed by atoms with Gasteiger partial charge in [0.05, 0.1) is 26.9 Å². The molecule has 2 N–H and O–H groups in total. The standard InChI is InChI=1S/C20H22N2O5/c1-25-16-11-10-15(17(26-2)18(16)27-3)20(24)22-14-8-6-13(7-9-14)21-19(23)12-4-5-12/h6-12H,4-5H2,1-3H3,(H,21,23)(H,22,24). The molecular weight excluding hydrogens is 348 g/mol. The zero-order valence-electron chi connectivity index (χ0n) is 15.5. The van der Waals surface area contributed by atoms with Gasteiger partial charge < -0.3 is 24.8 Å². The maximum atomic E-state index is 12.7. The Morgan fingerprint density at radius 1 is 0.815 bits per heavy atom. The van der Waals surface area contributed by atoms with Crippen molar-refractivity contribution >= 4 is 23.2 Å². The number of carbonyl (C=O) groups excluding carboxylic acids is 2. The van der Waals surface area contributed by atoms with E-state index in [1.54, 1.807) is 36.4 Å². The van der Waals surface area contributed by atoms with Crippen LogP contribution in [0.3, 0.4) is 0 Å². The van der Waals surface area contributed by atoms with Gasteiger partial charge in [0.15, 0.2) is 11.5 Å². The average Bonchev–Trinajstić information content (AvgIpc) is 3.53. The topological polar surface area (TPSA) is 85.9 Å². The fourth-order valence-electron chi connectivity index (χ4n) is 2.71. The monoisotopic (exact) mass is 370 g/mol. The van der Waals surface area contributed by atoms with Crippen molar-refractivity contribution in [1.29, 1.82) is 0 Å². The highest BCUT2D eigenvalue weighted by Crippen LogP contribution is 2.40. The first-order valence-electron chi connectivity index (χ1n) is 8.58. The molecule has 27 heavy (non-hydrogen) atoms. The first-order chi connectivity index (χ1) is 13.1. The summed E-state index contributed by atoms with van der Waals surface area (Å²) >= 11 is 0. The normalized spacial score (nSPS) is 12.9. The minimum atomic E-state index is -0.345. The lowest BCUT2D eigenvalue weighted by atomic mass is 10.1. The molecule has 0 radical (unpaired) electrons. The van der Waals surface area contributed by atoms with Gasteiger partial charge in [-0.25, -0.2) is 0 Å². The van der Waals surface area contributed by atoms with E-state index >= 15 is 0 Å². The Morgan fingerprint density at radius 3 is 1.93 bits per heavy atom. The lowest BCUT2D eigenvalue weighted by Gasteiger charge is -2.15. The Labute approximate surface area is 157 Å². The Hall–Kier alpha value is -3.22. The fourth-order valence-corrected chi connectivity index (χ4v) is 2.71. The maximum absolute atomic E-state index is 12.7. The van der Waals surface area contributed by atoms with Crippen molar-refractivity contribution in [3.8, 4) is 17.2 Å². The van der Waals surface area contributed by atoms with Crippen molar-refractivity contribution in [3.05, 3.63) is 42.0 Å². The number of rotatable bonds is 7. The maximum Gasteiger partial charge on any atom is 0.259 e. The molecule has 7 heteroatoms. The van der Waals surface area contributed by atoms with Crippen molar-refractivity contribution in [2.75, 3.05) is 32.0 Å². The van der Waals surface area contributed by atoms with E-state index in [4.69, 9.17) is 14.2 Å². The molecule has 0 saturated heterocycles. The van der Waals surface area contributed by atoms with Gasteiger partial charge in [0.2, 0.25) is 11.7 Å². The second-order valence-electron chi connectivity index (χ2n) is 6.18. The van der Waals surface area contributed by atoms with Gasteiger partial charge in [0, 0.05) is 17.3 Å². The minimum absolute atomic E-state index is 0.0434. The van der Waals surface area contributed by atoms with Gasteiger partial charge >= 0.3 is 0 Å². The number of hydrogen-bond acceptors (Lipinski definition) is 5. The third-order valence-electron chi connectivity index (χ3n) is 4.31. The largest absolute Gasteiger partial charge is 0.493 e. The third-order valence-corrected chi connectivity index (χ3v) is 4.31. The SMILES string of the molecule is COc1ccc(C(=O)Nc2ccc(NC(=O)C3CC3)cc2)c(OC)c1OC. The van der Waals surface area contributed by atoms with Crippen molar-refractivity contribution in [1.82, 2.24) is 0 Å². The molecule has 0 aromatic heterocycles. The number of benzene rings is 2. The van der Waals surface area contributed by atoms with Crippen LogP contribution < -0.4 is 24.8 Å². The molecule has 0 atom stereocenters. The Morgan fingerprint density at radius 2 is 1.41 bits per heavy atom. The van der Waals surface area contributed by atoms with Crippen LogP contribution in [0, 0.1) is 5.92 Å². The molecule has 0 spiro atoms. The van der Waals surface area contributed by atoms with E-state index in [0.29, 0.717) is 34.2 Å². The summed E-state index contributed by atoms with van der Waals surface area (Å²) < 4.78 is 15.9. The van der Waals surface area contributed by atoms with E-state index < -0.39 is 0 Å². The van der Waals surface area contributed by atoms with Crippen molar-refractivity contribution in [3.63, 3.8) is 0 Å². The summed E-state index contributed by atoms with van der Waals surface area (Å²) in [6.45, 7) is 0. The van der Waals surface area contributed by atoms with Gasteiger partial charge in [-0.2, -0.15) is 0 Å². The Kier molecular flexibility index (Phi) is 5.49. The average molecular weight is 370 g/mol. The predicted octanol–water partition coefficient (Wildman–Crippen LogP) is 3.31. The summed E-state index contributed by atoms with van der Waals surface area (Å²) in [5.41, 5.74) is 1.62. The summed E-state index contributed by atoms with van der Waals surface area (Å²) in [7, 11) is 4.46. The molecule has 3 rings (SSSR count).